The molecule has 188 valence electrons. The van der Waals surface area contributed by atoms with Gasteiger partial charge in [0.1, 0.15) is 35.0 Å². The van der Waals surface area contributed by atoms with Crippen LogP contribution in [0.15, 0.2) is 72.1 Å². The summed E-state index contributed by atoms with van der Waals surface area (Å²) in [5.74, 6) is 4.33. The van der Waals surface area contributed by atoms with Crippen LogP contribution < -0.4 is 16.0 Å². The number of rotatable bonds is 10. The molecule has 0 radical (unpaired) electrons. The van der Waals surface area contributed by atoms with Crippen molar-refractivity contribution in [1.82, 2.24) is 20.9 Å². The highest BCUT2D eigenvalue weighted by Gasteiger charge is 2.27. The molecule has 37 heavy (non-hydrogen) atoms. The standard InChI is InChI=1S/C28H25FN4O4/c29-22-7-4-8-23-21(22)15-25(32-23)28(37)33-24(13-18-5-2-1-3-6-18)27(17-36)31-20(10-12-34)14-19-9-11-30-26(19)16-35/h1-8,10,15,19-20,24,30-32H,9,11,13-14H2,(H,33,37)/t19-,20+,24-/m0/s1. The monoisotopic (exact) mass is 500 g/mol. The lowest BCUT2D eigenvalue weighted by atomic mass is 9.95. The van der Waals surface area contributed by atoms with Gasteiger partial charge in [-0.25, -0.2) is 18.8 Å². The summed E-state index contributed by atoms with van der Waals surface area (Å²) in [6.07, 6.45) is 2.50. The Morgan fingerprint density at radius 3 is 2.62 bits per heavy atom. The number of halogens is 1. The third kappa shape index (κ3) is 6.13. The van der Waals surface area contributed by atoms with Gasteiger partial charge in [-0.05, 0) is 43.0 Å². The highest BCUT2D eigenvalue weighted by Crippen LogP contribution is 2.23. The quantitative estimate of drug-likeness (QED) is 0.318. The van der Waals surface area contributed by atoms with Crippen molar-refractivity contribution in [1.29, 1.82) is 0 Å². The van der Waals surface area contributed by atoms with Gasteiger partial charge in [0.05, 0.1) is 17.8 Å². The fourth-order valence-corrected chi connectivity index (χ4v) is 4.53. The number of aromatic nitrogens is 1. The van der Waals surface area contributed by atoms with Gasteiger partial charge in [-0.2, -0.15) is 0 Å². The van der Waals surface area contributed by atoms with E-state index in [0.717, 1.165) is 5.56 Å². The van der Waals surface area contributed by atoms with Crippen LogP contribution >= 0.6 is 0 Å². The Kier molecular flexibility index (Phi) is 8.14. The number of H-pyrrole nitrogens is 1. The highest BCUT2D eigenvalue weighted by atomic mass is 19.1. The van der Waals surface area contributed by atoms with Gasteiger partial charge in [-0.1, -0.05) is 36.4 Å². The first-order valence-corrected chi connectivity index (χ1v) is 11.9. The second-order valence-corrected chi connectivity index (χ2v) is 8.81. The second-order valence-electron chi connectivity index (χ2n) is 8.81. The smallest absolute Gasteiger partial charge is 0.268 e. The van der Waals surface area contributed by atoms with E-state index in [1.54, 1.807) is 12.0 Å². The maximum absolute atomic E-state index is 14.1. The molecule has 4 N–H and O–H groups in total. The molecule has 0 bridgehead atoms. The third-order valence-corrected chi connectivity index (χ3v) is 6.38. The maximum atomic E-state index is 14.1. The number of hydrogen-bond donors (Lipinski definition) is 4. The molecule has 0 unspecified atom stereocenters. The van der Waals surface area contributed by atoms with Gasteiger partial charge in [-0.15, -0.1) is 0 Å². The van der Waals surface area contributed by atoms with Gasteiger partial charge >= 0.3 is 0 Å². The lowest BCUT2D eigenvalue weighted by molar-refractivity contribution is 0.0937. The van der Waals surface area contributed by atoms with Crippen LogP contribution in [0.5, 0.6) is 0 Å². The van der Waals surface area contributed by atoms with E-state index in [1.165, 1.54) is 24.3 Å². The zero-order valence-electron chi connectivity index (χ0n) is 19.8. The maximum Gasteiger partial charge on any atom is 0.268 e. The van der Waals surface area contributed by atoms with Crippen molar-refractivity contribution in [3.05, 3.63) is 89.1 Å². The summed E-state index contributed by atoms with van der Waals surface area (Å²) < 4.78 is 14.1. The van der Waals surface area contributed by atoms with Gasteiger partial charge in [0.15, 0.2) is 0 Å². The van der Waals surface area contributed by atoms with Crippen molar-refractivity contribution in [2.24, 2.45) is 5.92 Å². The minimum absolute atomic E-state index is 0.0265. The molecule has 1 amide bonds. The number of nitrogens with one attached hydrogen (secondary N) is 4. The average Bonchev–Trinajstić information content (AvgIpc) is 3.55. The summed E-state index contributed by atoms with van der Waals surface area (Å²) in [7, 11) is 0. The molecule has 0 saturated carbocycles. The predicted octanol–water partition coefficient (Wildman–Crippen LogP) is 2.42. The molecular formula is C28H25FN4O4. The van der Waals surface area contributed by atoms with E-state index in [1.807, 2.05) is 42.2 Å². The molecule has 0 spiro atoms. The van der Waals surface area contributed by atoms with Crippen molar-refractivity contribution in [2.75, 3.05) is 6.54 Å². The number of carbonyl (C=O) groups excluding carboxylic acids is 4. The van der Waals surface area contributed by atoms with Crippen molar-refractivity contribution in [3.63, 3.8) is 0 Å². The molecule has 2 heterocycles. The molecule has 3 atom stereocenters. The summed E-state index contributed by atoms with van der Waals surface area (Å²) in [5.41, 5.74) is 1.89. The van der Waals surface area contributed by atoms with E-state index in [9.17, 15) is 23.6 Å². The Morgan fingerprint density at radius 1 is 1.11 bits per heavy atom. The van der Waals surface area contributed by atoms with E-state index in [-0.39, 0.29) is 29.1 Å². The molecule has 1 aliphatic rings. The Labute approximate surface area is 212 Å². The molecule has 1 aromatic heterocycles. The van der Waals surface area contributed by atoms with Crippen LogP contribution in [-0.2, 0) is 20.8 Å². The fraction of sp³-hybridized carbons (Fsp3) is 0.250. The molecule has 1 aliphatic heterocycles. The van der Waals surface area contributed by atoms with E-state index < -0.39 is 23.8 Å². The molecule has 8 nitrogen and oxygen atoms in total. The summed E-state index contributed by atoms with van der Waals surface area (Å²) in [5, 5.41) is 9.08. The zero-order valence-corrected chi connectivity index (χ0v) is 19.8. The Hall–Kier alpha value is -4.67. The van der Waals surface area contributed by atoms with Crippen molar-refractivity contribution in [3.8, 4) is 0 Å². The minimum atomic E-state index is -0.839. The van der Waals surface area contributed by atoms with E-state index >= 15 is 0 Å². The van der Waals surface area contributed by atoms with E-state index in [0.29, 0.717) is 30.6 Å². The minimum Gasteiger partial charge on any atom is -0.379 e. The Morgan fingerprint density at radius 2 is 1.92 bits per heavy atom. The van der Waals surface area contributed by atoms with Gasteiger partial charge in [-0.3, -0.25) is 4.79 Å². The van der Waals surface area contributed by atoms with Gasteiger partial charge < -0.3 is 20.9 Å². The van der Waals surface area contributed by atoms with Crippen LogP contribution in [0.3, 0.4) is 0 Å². The molecule has 9 heteroatoms. The molecule has 0 aliphatic carbocycles. The number of aromatic amines is 1. The summed E-state index contributed by atoms with van der Waals surface area (Å²) in [4.78, 5) is 50.6. The highest BCUT2D eigenvalue weighted by molar-refractivity contribution is 5.98. The van der Waals surface area contributed by atoms with Crippen LogP contribution in [0.2, 0.25) is 0 Å². The van der Waals surface area contributed by atoms with Crippen LogP contribution in [0.25, 0.3) is 10.9 Å². The Balaban J connectivity index is 1.59. The normalized spacial score (nSPS) is 16.0. The SMILES string of the molecule is O=C=C[C@H](C[C@@H]1CCNC1=C=O)NC(=C=O)[C@H](Cc1ccccc1)NC(=O)c1cc2c(F)cccc2[nH]1. The van der Waals surface area contributed by atoms with E-state index in [4.69, 9.17) is 0 Å². The molecule has 2 aromatic carbocycles. The van der Waals surface area contributed by atoms with Crippen LogP contribution in [0.1, 0.15) is 28.9 Å². The molecule has 1 saturated heterocycles. The Bertz CT molecular complexity index is 1430. The van der Waals surface area contributed by atoms with Crippen LogP contribution in [0.4, 0.5) is 4.39 Å². The summed E-state index contributed by atoms with van der Waals surface area (Å²) >= 11 is 0. The predicted molar refractivity (Wildman–Crippen MR) is 136 cm³/mol. The number of allylic oxidation sites excluding steroid dienone is 1. The first-order chi connectivity index (χ1) is 18.0. The molecule has 3 aromatic rings. The van der Waals surface area contributed by atoms with Crippen molar-refractivity contribution in [2.45, 2.75) is 31.3 Å². The summed E-state index contributed by atoms with van der Waals surface area (Å²) in [6.45, 7) is 0.612. The van der Waals surface area contributed by atoms with Gasteiger partial charge in [0, 0.05) is 29.4 Å². The molecular weight excluding hydrogens is 475 g/mol. The van der Waals surface area contributed by atoms with Gasteiger partial charge in [0.2, 0.25) is 0 Å². The second kappa shape index (κ2) is 11.8. The molecule has 1 fully saturated rings. The van der Waals surface area contributed by atoms with Crippen LogP contribution in [0, 0.1) is 11.7 Å². The number of fused-ring (bicyclic) bond motifs is 1. The van der Waals surface area contributed by atoms with Crippen molar-refractivity contribution < 1.29 is 23.6 Å². The lowest BCUT2D eigenvalue weighted by Gasteiger charge is -2.25. The largest absolute Gasteiger partial charge is 0.379 e. The van der Waals surface area contributed by atoms with Crippen LogP contribution in [-0.4, -0.2) is 47.3 Å². The summed E-state index contributed by atoms with van der Waals surface area (Å²) in [6, 6.07) is 13.7. The zero-order chi connectivity index (χ0) is 26.2. The lowest BCUT2D eigenvalue weighted by Crippen LogP contribution is -2.45. The molecule has 4 rings (SSSR count). The fourth-order valence-electron chi connectivity index (χ4n) is 4.53. The van der Waals surface area contributed by atoms with Crippen molar-refractivity contribution >= 4 is 34.6 Å². The number of carbonyl (C=O) groups is 1. The average molecular weight is 501 g/mol. The topological polar surface area (TPSA) is 120 Å². The number of hydrogen-bond acceptors (Lipinski definition) is 6. The number of amides is 1. The number of benzene rings is 2. The van der Waals surface area contributed by atoms with Gasteiger partial charge in [0.25, 0.3) is 5.91 Å². The first-order valence-electron chi connectivity index (χ1n) is 11.9. The van der Waals surface area contributed by atoms with E-state index in [2.05, 4.69) is 20.9 Å². The first kappa shape index (κ1) is 25.4. The third-order valence-electron chi connectivity index (χ3n) is 6.38.